The molecule has 7 nitrogen and oxygen atoms in total. The molecule has 7 heteroatoms. The Kier molecular flexibility index (Phi) is 5.33. The first kappa shape index (κ1) is 22.1. The first-order valence-corrected chi connectivity index (χ1v) is 12.1. The van der Waals surface area contributed by atoms with Crippen LogP contribution in [0.2, 0.25) is 0 Å². The first-order valence-electron chi connectivity index (χ1n) is 12.1. The van der Waals surface area contributed by atoms with Crippen LogP contribution in [0.15, 0.2) is 41.1 Å². The fourth-order valence-corrected chi connectivity index (χ4v) is 7.62. The molecule has 0 aromatic heterocycles. The summed E-state index contributed by atoms with van der Waals surface area (Å²) in [5.41, 5.74) is 2.90. The van der Waals surface area contributed by atoms with E-state index < -0.39 is 10.9 Å². The number of carbonyl (C=O) groups is 1. The van der Waals surface area contributed by atoms with Crippen LogP contribution in [0.3, 0.4) is 0 Å². The molecule has 0 radical (unpaired) electrons. The third-order valence-corrected chi connectivity index (χ3v) is 9.51. The molecule has 0 unspecified atom stereocenters. The van der Waals surface area contributed by atoms with E-state index in [0.29, 0.717) is 23.3 Å². The Bertz CT molecular complexity index is 1030. The minimum atomic E-state index is -0.475. The lowest BCUT2D eigenvalue weighted by molar-refractivity contribution is -0.384. The molecule has 1 aromatic carbocycles. The summed E-state index contributed by atoms with van der Waals surface area (Å²) in [6.45, 7) is 4.70. The number of nitro benzene ring substituents is 1. The molecule has 6 atom stereocenters. The van der Waals surface area contributed by atoms with Crippen LogP contribution in [-0.2, 0) is 4.74 Å². The molecule has 1 aromatic rings. The number of non-ortho nitro benzene ring substituents is 1. The van der Waals surface area contributed by atoms with Gasteiger partial charge in [0.15, 0.2) is 0 Å². The molecule has 0 bridgehead atoms. The van der Waals surface area contributed by atoms with Gasteiger partial charge in [-0.1, -0.05) is 30.7 Å². The van der Waals surface area contributed by atoms with E-state index >= 15 is 0 Å². The van der Waals surface area contributed by atoms with Gasteiger partial charge in [0.2, 0.25) is 0 Å². The first-order chi connectivity index (χ1) is 15.8. The van der Waals surface area contributed by atoms with Crippen LogP contribution < -0.4 is 0 Å². The fourth-order valence-electron chi connectivity index (χ4n) is 7.62. The highest BCUT2D eigenvalue weighted by molar-refractivity contribution is 5.92. The molecule has 4 aliphatic carbocycles. The lowest BCUT2D eigenvalue weighted by Crippen LogP contribution is -2.50. The van der Waals surface area contributed by atoms with Crippen LogP contribution in [0.25, 0.3) is 0 Å². The summed E-state index contributed by atoms with van der Waals surface area (Å²) in [6.07, 6.45) is 10.2. The molecule has 4 aliphatic rings. The zero-order chi connectivity index (χ0) is 23.4. The van der Waals surface area contributed by atoms with Gasteiger partial charge in [0.1, 0.15) is 6.10 Å². The van der Waals surface area contributed by atoms with Crippen molar-refractivity contribution in [3.8, 4) is 0 Å². The number of rotatable bonds is 3. The molecular weight excluding hydrogens is 420 g/mol. The van der Waals surface area contributed by atoms with Crippen LogP contribution >= 0.6 is 0 Å². The summed E-state index contributed by atoms with van der Waals surface area (Å²) < 4.78 is 5.83. The van der Waals surface area contributed by atoms with E-state index in [-0.39, 0.29) is 22.6 Å². The predicted molar refractivity (Wildman–Crippen MR) is 123 cm³/mol. The Hall–Kier alpha value is -2.70. The van der Waals surface area contributed by atoms with E-state index in [4.69, 9.17) is 4.74 Å². The van der Waals surface area contributed by atoms with Crippen LogP contribution in [0.1, 0.15) is 75.6 Å². The number of benzene rings is 1. The van der Waals surface area contributed by atoms with E-state index in [2.05, 4.69) is 25.1 Å². The Morgan fingerprint density at radius 2 is 1.82 bits per heavy atom. The van der Waals surface area contributed by atoms with Crippen molar-refractivity contribution >= 4 is 17.4 Å². The van der Waals surface area contributed by atoms with Crippen molar-refractivity contribution in [2.24, 2.45) is 33.7 Å². The van der Waals surface area contributed by atoms with Gasteiger partial charge in [-0.25, -0.2) is 4.79 Å². The van der Waals surface area contributed by atoms with Crippen molar-refractivity contribution in [1.29, 1.82) is 0 Å². The minimum Gasteiger partial charge on any atom is -0.458 e. The van der Waals surface area contributed by atoms with E-state index in [1.807, 2.05) is 0 Å². The molecule has 0 saturated heterocycles. The van der Waals surface area contributed by atoms with Gasteiger partial charge in [0, 0.05) is 24.0 Å². The lowest BCUT2D eigenvalue weighted by atomic mass is 9.48. The van der Waals surface area contributed by atoms with Crippen LogP contribution in [0.5, 0.6) is 0 Å². The number of carbonyl (C=O) groups excluding carboxylic acids is 1. The Labute approximate surface area is 194 Å². The molecule has 0 spiro atoms. The quantitative estimate of drug-likeness (QED) is 0.202. The third kappa shape index (κ3) is 3.47. The SMILES string of the molecule is C[C@]12CC[C@H](OC(=O)c3ccc([N+](=O)[O-])cc3)CC1=CC[C@@H]1[C@@H]2CC[C@]2(C)C(=NO)CC[C@@H]12. The van der Waals surface area contributed by atoms with Gasteiger partial charge < -0.3 is 9.94 Å². The molecule has 0 amide bonds. The van der Waals surface area contributed by atoms with E-state index in [9.17, 15) is 20.1 Å². The second kappa shape index (κ2) is 7.96. The fraction of sp³-hybridized carbons (Fsp3) is 0.615. The number of oxime groups is 1. The summed E-state index contributed by atoms with van der Waals surface area (Å²) in [6, 6.07) is 5.60. The van der Waals surface area contributed by atoms with Gasteiger partial charge >= 0.3 is 5.97 Å². The molecular formula is C26H32N2O5. The van der Waals surface area contributed by atoms with Gasteiger partial charge in [-0.3, -0.25) is 10.1 Å². The standard InChI is InChI=1S/C26H32N2O5/c1-25-13-11-19(33-24(29)16-3-6-18(7-4-16)28(31)32)15-17(25)5-8-20-21-9-10-23(27-30)26(21,2)14-12-22(20)25/h3-7,19-22,30H,8-15H2,1-2H3/t19-,20-,21-,22-,25-,26-/m0/s1. The number of hydrogen-bond acceptors (Lipinski definition) is 6. The number of allylic oxidation sites excluding steroid dienone is 1. The highest BCUT2D eigenvalue weighted by Crippen LogP contribution is 2.64. The average molecular weight is 453 g/mol. The Balaban J connectivity index is 1.29. The van der Waals surface area contributed by atoms with Crippen LogP contribution in [-0.4, -0.2) is 27.9 Å². The third-order valence-electron chi connectivity index (χ3n) is 9.51. The normalized spacial score (nSPS) is 38.6. The number of esters is 1. The summed E-state index contributed by atoms with van der Waals surface area (Å²) in [7, 11) is 0. The largest absolute Gasteiger partial charge is 0.458 e. The summed E-state index contributed by atoms with van der Waals surface area (Å²) in [5, 5.41) is 24.0. The van der Waals surface area contributed by atoms with Crippen molar-refractivity contribution in [2.75, 3.05) is 0 Å². The molecule has 3 fully saturated rings. The highest BCUT2D eigenvalue weighted by atomic mass is 16.6. The Morgan fingerprint density at radius 3 is 2.52 bits per heavy atom. The van der Waals surface area contributed by atoms with Crippen molar-refractivity contribution in [2.45, 2.75) is 71.3 Å². The van der Waals surface area contributed by atoms with Crippen molar-refractivity contribution in [1.82, 2.24) is 0 Å². The van der Waals surface area contributed by atoms with Gasteiger partial charge in [-0.05, 0) is 80.2 Å². The van der Waals surface area contributed by atoms with E-state index in [1.54, 1.807) is 0 Å². The monoisotopic (exact) mass is 452 g/mol. The maximum absolute atomic E-state index is 12.6. The lowest BCUT2D eigenvalue weighted by Gasteiger charge is -2.57. The van der Waals surface area contributed by atoms with Gasteiger partial charge in [-0.2, -0.15) is 0 Å². The average Bonchev–Trinajstić information content (AvgIpc) is 3.15. The van der Waals surface area contributed by atoms with Crippen LogP contribution in [0, 0.1) is 38.7 Å². The van der Waals surface area contributed by atoms with Crippen molar-refractivity contribution in [3.63, 3.8) is 0 Å². The number of fused-ring (bicyclic) bond motifs is 5. The molecule has 0 aliphatic heterocycles. The minimum absolute atomic E-state index is 0.0368. The second-order valence-corrected chi connectivity index (χ2v) is 10.9. The van der Waals surface area contributed by atoms with E-state index in [0.717, 1.165) is 57.1 Å². The number of ether oxygens (including phenoxy) is 1. The second-order valence-electron chi connectivity index (χ2n) is 10.9. The topological polar surface area (TPSA) is 102 Å². The summed E-state index contributed by atoms with van der Waals surface area (Å²) >= 11 is 0. The molecule has 1 N–H and O–H groups in total. The molecule has 0 heterocycles. The smallest absolute Gasteiger partial charge is 0.338 e. The van der Waals surface area contributed by atoms with Gasteiger partial charge in [-0.15, -0.1) is 0 Å². The van der Waals surface area contributed by atoms with Crippen molar-refractivity contribution < 1.29 is 19.7 Å². The Morgan fingerprint density at radius 1 is 1.12 bits per heavy atom. The van der Waals surface area contributed by atoms with Crippen LogP contribution in [0.4, 0.5) is 5.69 Å². The number of nitro groups is 1. The molecule has 3 saturated carbocycles. The maximum atomic E-state index is 12.6. The van der Waals surface area contributed by atoms with Crippen molar-refractivity contribution in [3.05, 3.63) is 51.6 Å². The maximum Gasteiger partial charge on any atom is 0.338 e. The number of hydrogen-bond donors (Lipinski definition) is 1. The molecule has 5 rings (SSSR count). The molecule has 33 heavy (non-hydrogen) atoms. The molecule has 176 valence electrons. The highest BCUT2D eigenvalue weighted by Gasteiger charge is 2.58. The zero-order valence-electron chi connectivity index (χ0n) is 19.3. The number of nitrogens with zero attached hydrogens (tertiary/aromatic N) is 2. The van der Waals surface area contributed by atoms with Gasteiger partial charge in [0.05, 0.1) is 16.2 Å². The zero-order valence-corrected chi connectivity index (χ0v) is 19.3. The predicted octanol–water partition coefficient (Wildman–Crippen LogP) is 5.91. The summed E-state index contributed by atoms with van der Waals surface area (Å²) in [4.78, 5) is 23.0. The van der Waals surface area contributed by atoms with Gasteiger partial charge in [0.25, 0.3) is 5.69 Å². The summed E-state index contributed by atoms with van der Waals surface area (Å²) in [5.74, 6) is 1.41. The van der Waals surface area contributed by atoms with E-state index in [1.165, 1.54) is 29.8 Å².